The molecule has 0 aromatic heterocycles. The lowest BCUT2D eigenvalue weighted by Gasteiger charge is -2.31. The molecular weight excluding hydrogens is 487 g/mol. The zero-order valence-electron chi connectivity index (χ0n) is 21.8. The van der Waals surface area contributed by atoms with Crippen LogP contribution < -0.4 is 21.5 Å². The summed E-state index contributed by atoms with van der Waals surface area (Å²) in [5.74, 6) is -0.726. The Morgan fingerprint density at radius 2 is 1.79 bits per heavy atom. The number of morpholine rings is 1. The summed E-state index contributed by atoms with van der Waals surface area (Å²) < 4.78 is 25.8. The number of primary amides is 1. The van der Waals surface area contributed by atoms with Crippen molar-refractivity contribution in [2.75, 3.05) is 38.7 Å². The van der Waals surface area contributed by atoms with E-state index in [0.717, 1.165) is 27.8 Å². The Morgan fingerprint density at radius 3 is 2.47 bits per heavy atom. The van der Waals surface area contributed by atoms with Gasteiger partial charge < -0.3 is 26.3 Å². The monoisotopic (exact) mass is 520 g/mol. The fraction of sp³-hybridized carbons (Fsp3) is 0.310. The van der Waals surface area contributed by atoms with Gasteiger partial charge in [0.25, 0.3) is 5.91 Å². The highest BCUT2D eigenvalue weighted by Crippen LogP contribution is 2.37. The number of carbonyl (C=O) groups excluding carboxylic acids is 2. The summed E-state index contributed by atoms with van der Waals surface area (Å²) in [6, 6.07) is 14.8. The number of anilines is 1. The number of benzene rings is 3. The molecule has 8 nitrogen and oxygen atoms in total. The third-order valence-corrected chi connectivity index (χ3v) is 6.93. The average molecular weight is 521 g/mol. The Balaban J connectivity index is 1.63. The standard InChI is InChI=1S/C29H33FN4O4/c1-17-20(19-12-24(30)23(14-31)26(13-19)37-3)6-4-7-21(17)22-8-5-9-25(18(22)2)33-29(36)27-15-34(10-11-38-27)16-28(32)35/h4-9,12-13,27H,10-11,14-16,31H2,1-3H3,(H2,32,35)(H,33,36). The number of amides is 2. The van der Waals surface area contributed by atoms with Crippen molar-refractivity contribution in [3.05, 3.63) is 71.0 Å². The highest BCUT2D eigenvalue weighted by atomic mass is 19.1. The second-order valence-corrected chi connectivity index (χ2v) is 9.35. The quantitative estimate of drug-likeness (QED) is 0.419. The Morgan fingerprint density at radius 1 is 1.11 bits per heavy atom. The molecule has 0 aliphatic carbocycles. The molecular formula is C29H33FN4O4. The predicted octanol–water partition coefficient (Wildman–Crippen LogP) is 3.37. The maximum absolute atomic E-state index is 14.8. The molecule has 38 heavy (non-hydrogen) atoms. The zero-order chi connectivity index (χ0) is 27.4. The fourth-order valence-electron chi connectivity index (χ4n) is 4.89. The molecule has 0 radical (unpaired) electrons. The molecule has 9 heteroatoms. The molecule has 0 spiro atoms. The normalized spacial score (nSPS) is 15.8. The van der Waals surface area contributed by atoms with Crippen LogP contribution in [0.1, 0.15) is 16.7 Å². The molecule has 1 aliphatic rings. The van der Waals surface area contributed by atoms with Gasteiger partial charge in [0.05, 0.1) is 20.3 Å². The van der Waals surface area contributed by atoms with Crippen molar-refractivity contribution in [3.8, 4) is 28.0 Å². The molecule has 200 valence electrons. The molecule has 3 aromatic carbocycles. The maximum atomic E-state index is 14.8. The number of hydrogen-bond donors (Lipinski definition) is 3. The molecule has 4 rings (SSSR count). The van der Waals surface area contributed by atoms with E-state index in [4.69, 9.17) is 20.9 Å². The van der Waals surface area contributed by atoms with E-state index in [1.807, 2.05) is 55.1 Å². The van der Waals surface area contributed by atoms with E-state index in [1.165, 1.54) is 13.2 Å². The van der Waals surface area contributed by atoms with Crippen molar-refractivity contribution in [1.82, 2.24) is 4.90 Å². The minimum Gasteiger partial charge on any atom is -0.496 e. The number of nitrogens with zero attached hydrogens (tertiary/aromatic N) is 1. The van der Waals surface area contributed by atoms with Crippen LogP contribution in [-0.2, 0) is 20.9 Å². The molecule has 2 amide bonds. The van der Waals surface area contributed by atoms with Crippen molar-refractivity contribution < 1.29 is 23.5 Å². The van der Waals surface area contributed by atoms with Crippen LogP contribution in [0.15, 0.2) is 48.5 Å². The number of carbonyl (C=O) groups is 2. The van der Waals surface area contributed by atoms with Crippen LogP contribution in [0.3, 0.4) is 0 Å². The topological polar surface area (TPSA) is 120 Å². The number of nitrogens with two attached hydrogens (primary N) is 2. The number of nitrogens with one attached hydrogen (secondary N) is 1. The molecule has 3 aromatic rings. The molecule has 5 N–H and O–H groups in total. The van der Waals surface area contributed by atoms with Gasteiger partial charge in [-0.25, -0.2) is 4.39 Å². The average Bonchev–Trinajstić information content (AvgIpc) is 2.89. The highest BCUT2D eigenvalue weighted by molar-refractivity contribution is 5.96. The molecule has 1 atom stereocenters. The van der Waals surface area contributed by atoms with Gasteiger partial charge in [-0.1, -0.05) is 30.3 Å². The first-order valence-electron chi connectivity index (χ1n) is 12.4. The Hall–Kier alpha value is -3.79. The van der Waals surface area contributed by atoms with E-state index < -0.39 is 17.8 Å². The first kappa shape index (κ1) is 27.3. The Bertz CT molecular complexity index is 1360. The van der Waals surface area contributed by atoms with E-state index in [-0.39, 0.29) is 25.5 Å². The van der Waals surface area contributed by atoms with Crippen LogP contribution >= 0.6 is 0 Å². The van der Waals surface area contributed by atoms with E-state index in [0.29, 0.717) is 35.7 Å². The third kappa shape index (κ3) is 5.70. The van der Waals surface area contributed by atoms with Crippen LogP contribution in [0.4, 0.5) is 10.1 Å². The van der Waals surface area contributed by atoms with Crippen molar-refractivity contribution in [1.29, 1.82) is 0 Å². The summed E-state index contributed by atoms with van der Waals surface area (Å²) in [6.45, 7) is 5.23. The summed E-state index contributed by atoms with van der Waals surface area (Å²) in [5, 5.41) is 2.98. The minimum atomic E-state index is -0.711. The summed E-state index contributed by atoms with van der Waals surface area (Å²) in [4.78, 5) is 26.1. The zero-order valence-corrected chi connectivity index (χ0v) is 21.8. The lowest BCUT2D eigenvalue weighted by Crippen LogP contribution is -2.50. The minimum absolute atomic E-state index is 0.0427. The van der Waals surface area contributed by atoms with E-state index >= 15 is 0 Å². The van der Waals surface area contributed by atoms with Gasteiger partial charge in [0, 0.05) is 30.9 Å². The van der Waals surface area contributed by atoms with E-state index in [9.17, 15) is 14.0 Å². The van der Waals surface area contributed by atoms with Crippen molar-refractivity contribution >= 4 is 17.5 Å². The number of hydrogen-bond acceptors (Lipinski definition) is 6. The molecule has 1 fully saturated rings. The summed E-state index contributed by atoms with van der Waals surface area (Å²) in [7, 11) is 1.50. The van der Waals surface area contributed by atoms with E-state index in [1.54, 1.807) is 6.07 Å². The summed E-state index contributed by atoms with van der Waals surface area (Å²) in [6.07, 6.45) is -0.711. The fourth-order valence-corrected chi connectivity index (χ4v) is 4.89. The SMILES string of the molecule is COc1cc(-c2cccc(-c3cccc(NC(=O)C4CN(CC(N)=O)CCO4)c3C)c2C)cc(F)c1CN. The van der Waals surface area contributed by atoms with Gasteiger partial charge in [0.1, 0.15) is 17.7 Å². The highest BCUT2D eigenvalue weighted by Gasteiger charge is 2.28. The van der Waals surface area contributed by atoms with Gasteiger partial charge in [-0.15, -0.1) is 0 Å². The van der Waals surface area contributed by atoms with Gasteiger partial charge in [-0.2, -0.15) is 0 Å². The largest absolute Gasteiger partial charge is 0.496 e. The second-order valence-electron chi connectivity index (χ2n) is 9.35. The third-order valence-electron chi connectivity index (χ3n) is 6.93. The van der Waals surface area contributed by atoms with Crippen molar-refractivity contribution in [3.63, 3.8) is 0 Å². The van der Waals surface area contributed by atoms with Gasteiger partial charge in [-0.05, 0) is 65.4 Å². The van der Waals surface area contributed by atoms with Crippen LogP contribution in [0, 0.1) is 19.7 Å². The smallest absolute Gasteiger partial charge is 0.254 e. The van der Waals surface area contributed by atoms with Gasteiger partial charge >= 0.3 is 0 Å². The van der Waals surface area contributed by atoms with Crippen molar-refractivity contribution in [2.24, 2.45) is 11.5 Å². The second kappa shape index (κ2) is 11.7. The van der Waals surface area contributed by atoms with Crippen LogP contribution in [0.2, 0.25) is 0 Å². The first-order valence-corrected chi connectivity index (χ1v) is 12.4. The number of ether oxygens (including phenoxy) is 2. The molecule has 1 aliphatic heterocycles. The van der Waals surface area contributed by atoms with E-state index in [2.05, 4.69) is 5.32 Å². The van der Waals surface area contributed by atoms with Gasteiger partial charge in [-0.3, -0.25) is 14.5 Å². The van der Waals surface area contributed by atoms with Crippen LogP contribution in [0.5, 0.6) is 5.75 Å². The number of halogens is 1. The predicted molar refractivity (Wildman–Crippen MR) is 145 cm³/mol. The summed E-state index contributed by atoms with van der Waals surface area (Å²) in [5.41, 5.74) is 17.3. The Kier molecular flexibility index (Phi) is 8.41. The van der Waals surface area contributed by atoms with Gasteiger partial charge in [0.2, 0.25) is 5.91 Å². The molecule has 0 saturated carbocycles. The van der Waals surface area contributed by atoms with Crippen LogP contribution in [0.25, 0.3) is 22.3 Å². The maximum Gasteiger partial charge on any atom is 0.254 e. The first-order chi connectivity index (χ1) is 18.2. The molecule has 1 unspecified atom stereocenters. The molecule has 0 bridgehead atoms. The lowest BCUT2D eigenvalue weighted by atomic mass is 9.90. The summed E-state index contributed by atoms with van der Waals surface area (Å²) >= 11 is 0. The van der Waals surface area contributed by atoms with Gasteiger partial charge in [0.15, 0.2) is 0 Å². The lowest BCUT2D eigenvalue weighted by molar-refractivity contribution is -0.135. The Labute approximate surface area is 221 Å². The van der Waals surface area contributed by atoms with Crippen molar-refractivity contribution in [2.45, 2.75) is 26.5 Å². The number of methoxy groups -OCH3 is 1. The molecule has 1 saturated heterocycles. The number of rotatable bonds is 8. The van der Waals surface area contributed by atoms with Crippen LogP contribution in [-0.4, -0.2) is 56.2 Å². The molecule has 1 heterocycles.